The second-order valence-corrected chi connectivity index (χ2v) is 9.52. The van der Waals surface area contributed by atoms with Crippen molar-refractivity contribution in [1.82, 2.24) is 30.2 Å². The highest BCUT2D eigenvalue weighted by Gasteiger charge is 2.35. The van der Waals surface area contributed by atoms with Gasteiger partial charge in [0, 0.05) is 61.9 Å². The molecule has 3 aromatic heterocycles. The van der Waals surface area contributed by atoms with Crippen LogP contribution in [-0.2, 0) is 17.5 Å². The lowest BCUT2D eigenvalue weighted by Gasteiger charge is -2.34. The summed E-state index contributed by atoms with van der Waals surface area (Å²) in [5.74, 6) is -1.02. The van der Waals surface area contributed by atoms with Crippen molar-refractivity contribution < 1.29 is 22.7 Å². The Bertz CT molecular complexity index is 1470. The van der Waals surface area contributed by atoms with E-state index in [0.717, 1.165) is 18.0 Å². The average Bonchev–Trinajstić information content (AvgIpc) is 2.97. The van der Waals surface area contributed by atoms with Crippen LogP contribution in [0.4, 0.5) is 19.0 Å². The van der Waals surface area contributed by atoms with Crippen LogP contribution in [0.25, 0.3) is 10.9 Å². The predicted molar refractivity (Wildman–Crippen MR) is 143 cm³/mol. The van der Waals surface area contributed by atoms with Gasteiger partial charge in [-0.3, -0.25) is 14.7 Å². The molecule has 0 aliphatic carbocycles. The van der Waals surface area contributed by atoms with Crippen LogP contribution in [0.15, 0.2) is 61.2 Å². The van der Waals surface area contributed by atoms with Crippen molar-refractivity contribution in [2.45, 2.75) is 18.8 Å². The third-order valence-corrected chi connectivity index (χ3v) is 6.81. The van der Waals surface area contributed by atoms with Crippen molar-refractivity contribution in [2.24, 2.45) is 0 Å². The third-order valence-electron chi connectivity index (χ3n) is 6.50. The van der Waals surface area contributed by atoms with Gasteiger partial charge < -0.3 is 15.4 Å². The van der Waals surface area contributed by atoms with Crippen LogP contribution >= 0.6 is 11.6 Å². The fourth-order valence-corrected chi connectivity index (χ4v) is 4.73. The maximum Gasteiger partial charge on any atom is 0.451 e. The quantitative estimate of drug-likeness (QED) is 0.318. The molecule has 1 aromatic carbocycles. The second-order valence-electron chi connectivity index (χ2n) is 9.11. The summed E-state index contributed by atoms with van der Waals surface area (Å²) in [5, 5.41) is 6.96. The number of pyridine rings is 2. The predicted octanol–water partition coefficient (Wildman–Crippen LogP) is 4.51. The Kier molecular flexibility index (Phi) is 8.38. The minimum atomic E-state index is -4.64. The molecule has 5 rings (SSSR count). The minimum Gasteiger partial charge on any atom is -0.379 e. The molecule has 0 bridgehead atoms. The lowest BCUT2D eigenvalue weighted by Crippen LogP contribution is -2.44. The first-order chi connectivity index (χ1) is 19.3. The summed E-state index contributed by atoms with van der Waals surface area (Å²) in [4.78, 5) is 31.1. The highest BCUT2D eigenvalue weighted by atomic mass is 35.5. The lowest BCUT2D eigenvalue weighted by molar-refractivity contribution is -0.145. The molecule has 0 spiro atoms. The van der Waals surface area contributed by atoms with Gasteiger partial charge in [-0.15, -0.1) is 0 Å². The number of aromatic nitrogens is 4. The first kappa shape index (κ1) is 27.7. The maximum absolute atomic E-state index is 13.4. The van der Waals surface area contributed by atoms with Crippen molar-refractivity contribution in [3.8, 4) is 0 Å². The average molecular weight is 572 g/mol. The van der Waals surface area contributed by atoms with E-state index in [1.54, 1.807) is 36.7 Å². The van der Waals surface area contributed by atoms with Crippen LogP contribution in [0.3, 0.4) is 0 Å². The second kappa shape index (κ2) is 12.1. The zero-order valence-corrected chi connectivity index (χ0v) is 21.9. The molecule has 40 heavy (non-hydrogen) atoms. The summed E-state index contributed by atoms with van der Waals surface area (Å²) in [7, 11) is 0. The number of hydrogen-bond acceptors (Lipinski definition) is 8. The van der Waals surface area contributed by atoms with Gasteiger partial charge in [-0.25, -0.2) is 15.0 Å². The number of halogens is 4. The van der Waals surface area contributed by atoms with Crippen molar-refractivity contribution in [3.05, 3.63) is 88.7 Å². The van der Waals surface area contributed by atoms with Crippen molar-refractivity contribution in [2.75, 3.05) is 38.2 Å². The summed E-state index contributed by atoms with van der Waals surface area (Å²) in [5.41, 5.74) is 2.28. The van der Waals surface area contributed by atoms with Gasteiger partial charge >= 0.3 is 6.18 Å². The summed E-state index contributed by atoms with van der Waals surface area (Å²) >= 11 is 6.46. The number of amides is 1. The number of nitrogens with one attached hydrogen (secondary N) is 2. The van der Waals surface area contributed by atoms with E-state index in [1.807, 2.05) is 17.0 Å². The smallest absolute Gasteiger partial charge is 0.379 e. The summed E-state index contributed by atoms with van der Waals surface area (Å²) < 4.78 is 44.4. The first-order valence-electron chi connectivity index (χ1n) is 12.5. The number of alkyl halides is 3. The zero-order valence-electron chi connectivity index (χ0n) is 21.2. The number of hydrogen-bond donors (Lipinski definition) is 2. The summed E-state index contributed by atoms with van der Waals surface area (Å²) in [6.45, 7) is 2.63. The Labute approximate surface area is 232 Å². The minimum absolute atomic E-state index is 0.0957. The molecule has 0 radical (unpaired) electrons. The molecule has 1 fully saturated rings. The third kappa shape index (κ3) is 6.46. The Morgan fingerprint density at radius 3 is 2.55 bits per heavy atom. The summed E-state index contributed by atoms with van der Waals surface area (Å²) in [6, 6.07) is 10.2. The van der Waals surface area contributed by atoms with Gasteiger partial charge in [-0.05, 0) is 35.9 Å². The normalized spacial score (nSPS) is 15.1. The molecule has 1 aliphatic heterocycles. The SMILES string of the molecule is O=C(NCC(c1cnc(C(F)(F)F)nc1)N1CCOCC1)c1c(Cl)ccc2nc(NCc3cccnc3)ccc12. The van der Waals surface area contributed by atoms with E-state index in [9.17, 15) is 18.0 Å². The van der Waals surface area contributed by atoms with Crippen LogP contribution in [0, 0.1) is 0 Å². The van der Waals surface area contributed by atoms with E-state index in [4.69, 9.17) is 16.3 Å². The molecule has 208 valence electrons. The van der Waals surface area contributed by atoms with Gasteiger partial charge in [0.25, 0.3) is 5.91 Å². The van der Waals surface area contributed by atoms with Crippen molar-refractivity contribution in [1.29, 1.82) is 0 Å². The molecule has 0 saturated carbocycles. The van der Waals surface area contributed by atoms with Gasteiger partial charge in [0.2, 0.25) is 5.82 Å². The Hall–Kier alpha value is -3.87. The number of ether oxygens (including phenoxy) is 1. The Morgan fingerprint density at radius 2 is 1.85 bits per heavy atom. The van der Waals surface area contributed by atoms with E-state index in [-0.39, 0.29) is 17.1 Å². The number of benzene rings is 1. The molecule has 1 amide bonds. The van der Waals surface area contributed by atoms with Crippen molar-refractivity contribution >= 4 is 34.2 Å². The molecule has 2 N–H and O–H groups in total. The number of nitrogens with zero attached hydrogens (tertiary/aromatic N) is 5. The fourth-order valence-electron chi connectivity index (χ4n) is 4.48. The van der Waals surface area contributed by atoms with E-state index in [1.165, 1.54) is 0 Å². The highest BCUT2D eigenvalue weighted by Crippen LogP contribution is 2.29. The van der Waals surface area contributed by atoms with Gasteiger partial charge in [0.15, 0.2) is 0 Å². The van der Waals surface area contributed by atoms with Crippen LogP contribution in [0.1, 0.15) is 33.4 Å². The number of anilines is 1. The van der Waals surface area contributed by atoms with E-state index < -0.39 is 23.9 Å². The van der Waals surface area contributed by atoms with Crippen molar-refractivity contribution in [3.63, 3.8) is 0 Å². The number of carbonyl (C=O) groups is 1. The van der Waals surface area contributed by atoms with Gasteiger partial charge in [0.1, 0.15) is 5.82 Å². The summed E-state index contributed by atoms with van der Waals surface area (Å²) in [6.07, 6.45) is 1.12. The Balaban J connectivity index is 1.34. The molecular formula is C27H25ClF3N7O2. The molecule has 4 aromatic rings. The molecule has 1 atom stereocenters. The Morgan fingerprint density at radius 1 is 1.07 bits per heavy atom. The van der Waals surface area contributed by atoms with E-state index in [0.29, 0.717) is 55.1 Å². The lowest BCUT2D eigenvalue weighted by atomic mass is 10.1. The molecular weight excluding hydrogens is 547 g/mol. The molecule has 1 saturated heterocycles. The monoisotopic (exact) mass is 571 g/mol. The number of rotatable bonds is 8. The van der Waals surface area contributed by atoms with Crippen LogP contribution in [0.5, 0.6) is 0 Å². The largest absolute Gasteiger partial charge is 0.451 e. The molecule has 1 aliphatic rings. The van der Waals surface area contributed by atoms with Crippen LogP contribution in [0.2, 0.25) is 5.02 Å². The van der Waals surface area contributed by atoms with Crippen LogP contribution < -0.4 is 10.6 Å². The molecule has 1 unspecified atom stereocenters. The number of fused-ring (bicyclic) bond motifs is 1. The highest BCUT2D eigenvalue weighted by molar-refractivity contribution is 6.35. The maximum atomic E-state index is 13.4. The van der Waals surface area contributed by atoms with Gasteiger partial charge in [-0.2, -0.15) is 13.2 Å². The zero-order chi connectivity index (χ0) is 28.1. The first-order valence-corrected chi connectivity index (χ1v) is 12.9. The standard InChI is InChI=1S/C27H25ClF3N7O2/c28-20-4-5-21-19(3-6-23(37-21)33-13-17-2-1-7-32-12-17)24(20)25(39)34-16-22(38-8-10-40-11-9-38)18-14-35-26(36-15-18)27(29,30)31/h1-7,12,14-15,22H,8-11,13,16H2,(H,33,37)(H,34,39). The topological polar surface area (TPSA) is 105 Å². The number of morpholine rings is 1. The van der Waals surface area contributed by atoms with E-state index >= 15 is 0 Å². The van der Waals surface area contributed by atoms with Gasteiger partial charge in [-0.1, -0.05) is 17.7 Å². The fraction of sp³-hybridized carbons (Fsp3) is 0.296. The van der Waals surface area contributed by atoms with E-state index in [2.05, 4.69) is 30.6 Å². The molecule has 9 nitrogen and oxygen atoms in total. The van der Waals surface area contributed by atoms with Gasteiger partial charge in [0.05, 0.1) is 35.4 Å². The van der Waals surface area contributed by atoms with Crippen LogP contribution in [-0.4, -0.2) is 63.6 Å². The molecule has 4 heterocycles. The molecule has 13 heteroatoms. The number of carbonyl (C=O) groups excluding carboxylic acids is 1.